The highest BCUT2D eigenvalue weighted by Crippen LogP contribution is 2.03. The molecule has 0 atom stereocenters. The summed E-state index contributed by atoms with van der Waals surface area (Å²) in [6.07, 6.45) is 5.61. The lowest BCUT2D eigenvalue weighted by molar-refractivity contribution is -0.402. The number of carbonyl (C=O) groups excluding carboxylic acids is 1. The summed E-state index contributed by atoms with van der Waals surface area (Å²) in [6, 6.07) is 0. The molecule has 0 rings (SSSR count). The Morgan fingerprint density at radius 1 is 1.06 bits per heavy atom. The second-order valence-corrected chi connectivity index (χ2v) is 2.76. The normalized spacial score (nSPS) is 7.56. The molecule has 0 bridgehead atoms. The van der Waals surface area contributed by atoms with Gasteiger partial charge >= 0.3 is 0 Å². The monoisotopic (exact) mass is 241 g/mol. The SMILES string of the molecule is CCCCCCCC(=O)[O-].O=[N+]([O-])[O-].[NH4+].[NH4+]. The van der Waals surface area contributed by atoms with Crippen molar-refractivity contribution >= 4 is 5.97 Å². The number of rotatable bonds is 6. The van der Waals surface area contributed by atoms with Gasteiger partial charge in [-0.25, -0.2) is 0 Å². The van der Waals surface area contributed by atoms with Crippen LogP contribution in [-0.2, 0) is 4.79 Å². The largest absolute Gasteiger partial charge is 0.550 e. The number of carbonyl (C=O) groups is 1. The van der Waals surface area contributed by atoms with E-state index in [2.05, 4.69) is 6.92 Å². The lowest BCUT2D eigenvalue weighted by Crippen LogP contribution is -2.21. The third-order valence-corrected chi connectivity index (χ3v) is 1.48. The minimum Gasteiger partial charge on any atom is -0.550 e. The van der Waals surface area contributed by atoms with Crippen LogP contribution in [-0.4, -0.2) is 11.1 Å². The molecular formula is C8H23N3O5. The molecule has 0 heterocycles. The smallest absolute Gasteiger partial charge is 0.0689 e. The molecule has 0 aliphatic carbocycles. The summed E-state index contributed by atoms with van der Waals surface area (Å²) in [5.41, 5.74) is 0. The lowest BCUT2D eigenvalue weighted by Gasteiger charge is -2.00. The molecule has 0 saturated heterocycles. The Morgan fingerprint density at radius 3 is 1.75 bits per heavy atom. The van der Waals surface area contributed by atoms with Crippen molar-refractivity contribution in [2.24, 2.45) is 0 Å². The highest BCUT2D eigenvalue weighted by atomic mass is 16.9. The Kier molecular flexibility index (Phi) is 28.8. The van der Waals surface area contributed by atoms with Crippen molar-refractivity contribution in [3.05, 3.63) is 15.3 Å². The average Bonchev–Trinajstić information content (AvgIpc) is 2.02. The molecule has 0 aliphatic rings. The Labute approximate surface area is 94.9 Å². The van der Waals surface area contributed by atoms with Gasteiger partial charge in [-0.05, 0) is 12.8 Å². The summed E-state index contributed by atoms with van der Waals surface area (Å²) >= 11 is 0. The summed E-state index contributed by atoms with van der Waals surface area (Å²) in [5, 5.41) is 24.7. The van der Waals surface area contributed by atoms with Crippen LogP contribution in [0.2, 0.25) is 0 Å². The van der Waals surface area contributed by atoms with Crippen LogP contribution in [0.25, 0.3) is 0 Å². The first-order valence-corrected chi connectivity index (χ1v) is 4.52. The molecule has 0 amide bonds. The van der Waals surface area contributed by atoms with E-state index in [1.54, 1.807) is 0 Å². The molecular weight excluding hydrogens is 218 g/mol. The van der Waals surface area contributed by atoms with E-state index in [0.29, 0.717) is 0 Å². The van der Waals surface area contributed by atoms with E-state index in [0.717, 1.165) is 19.3 Å². The molecule has 16 heavy (non-hydrogen) atoms. The number of unbranched alkanes of at least 4 members (excludes halogenated alkanes) is 4. The van der Waals surface area contributed by atoms with Gasteiger partial charge in [-0.2, -0.15) is 0 Å². The molecule has 0 fully saturated rings. The molecule has 0 aromatic rings. The van der Waals surface area contributed by atoms with Gasteiger partial charge in [-0.1, -0.05) is 32.6 Å². The molecule has 0 unspecified atom stereocenters. The molecule has 0 aliphatic heterocycles. The maximum Gasteiger partial charge on any atom is 0.0689 e. The predicted octanol–water partition coefficient (Wildman–Crippen LogP) is 1.61. The second-order valence-electron chi connectivity index (χ2n) is 2.76. The van der Waals surface area contributed by atoms with E-state index in [4.69, 9.17) is 15.3 Å². The third-order valence-electron chi connectivity index (χ3n) is 1.48. The zero-order chi connectivity index (χ0) is 11.4. The first-order valence-electron chi connectivity index (χ1n) is 4.52. The molecule has 0 radical (unpaired) electrons. The fourth-order valence-electron chi connectivity index (χ4n) is 0.873. The van der Waals surface area contributed by atoms with Gasteiger partial charge in [0.25, 0.3) is 0 Å². The molecule has 0 aromatic heterocycles. The number of carboxylic acid groups (broad SMARTS) is 1. The maximum absolute atomic E-state index is 9.92. The molecule has 0 saturated carbocycles. The molecule has 8 heteroatoms. The second kappa shape index (κ2) is 19.2. The molecule has 8 nitrogen and oxygen atoms in total. The fourth-order valence-corrected chi connectivity index (χ4v) is 0.873. The van der Waals surface area contributed by atoms with Crippen molar-refractivity contribution in [1.82, 2.24) is 12.3 Å². The van der Waals surface area contributed by atoms with Crippen LogP contribution >= 0.6 is 0 Å². The van der Waals surface area contributed by atoms with E-state index in [1.807, 2.05) is 0 Å². The summed E-state index contributed by atoms with van der Waals surface area (Å²) in [6.45, 7) is 2.14. The Bertz CT molecular complexity index is 162. The zero-order valence-electron chi connectivity index (χ0n) is 10.2. The van der Waals surface area contributed by atoms with Crippen LogP contribution in [0.15, 0.2) is 0 Å². The third kappa shape index (κ3) is 54.1. The van der Waals surface area contributed by atoms with Gasteiger partial charge in [0.15, 0.2) is 0 Å². The standard InChI is InChI=1S/C8H16O2.NO3.2H3N/c1-2-3-4-5-6-7-8(9)10;2-1(3)4;;/h2-7H2,1H3,(H,9,10);;2*1H3/q;-1;;/p+1. The summed E-state index contributed by atoms with van der Waals surface area (Å²) in [7, 11) is 0. The van der Waals surface area contributed by atoms with Gasteiger partial charge in [-0.15, -0.1) is 0 Å². The van der Waals surface area contributed by atoms with E-state index in [1.165, 1.54) is 12.8 Å². The van der Waals surface area contributed by atoms with Crippen molar-refractivity contribution in [3.8, 4) is 0 Å². The number of hydrogen-bond acceptors (Lipinski definition) is 5. The minimum atomic E-state index is -1.75. The average molecular weight is 241 g/mol. The number of quaternary nitrogens is 2. The molecule has 8 N–H and O–H groups in total. The van der Waals surface area contributed by atoms with Gasteiger partial charge in [0.05, 0.1) is 5.09 Å². The van der Waals surface area contributed by atoms with Crippen LogP contribution in [0.3, 0.4) is 0 Å². The first-order chi connectivity index (χ1) is 6.50. The van der Waals surface area contributed by atoms with Crippen LogP contribution in [0.1, 0.15) is 45.4 Å². The fraction of sp³-hybridized carbons (Fsp3) is 0.875. The van der Waals surface area contributed by atoms with Crippen LogP contribution in [0.4, 0.5) is 0 Å². The number of carboxylic acids is 1. The summed E-state index contributed by atoms with van der Waals surface area (Å²) < 4.78 is 0. The first kappa shape index (κ1) is 24.0. The topological polar surface area (TPSA) is 179 Å². The van der Waals surface area contributed by atoms with Crippen molar-refractivity contribution in [2.45, 2.75) is 45.4 Å². The van der Waals surface area contributed by atoms with Crippen LogP contribution in [0, 0.1) is 15.3 Å². The van der Waals surface area contributed by atoms with Gasteiger partial charge in [0.1, 0.15) is 0 Å². The Hall–Kier alpha value is -1.41. The highest BCUT2D eigenvalue weighted by Gasteiger charge is 1.88. The van der Waals surface area contributed by atoms with Crippen molar-refractivity contribution in [2.75, 3.05) is 0 Å². The van der Waals surface area contributed by atoms with Gasteiger partial charge in [0.2, 0.25) is 0 Å². The lowest BCUT2D eigenvalue weighted by atomic mass is 10.1. The quantitative estimate of drug-likeness (QED) is 0.406. The number of nitrogens with zero attached hydrogens (tertiary/aromatic N) is 1. The summed E-state index contributed by atoms with van der Waals surface area (Å²) in [4.78, 5) is 18.2. The van der Waals surface area contributed by atoms with Crippen LogP contribution in [0.5, 0.6) is 0 Å². The van der Waals surface area contributed by atoms with Crippen molar-refractivity contribution in [3.63, 3.8) is 0 Å². The number of hydrogen-bond donors (Lipinski definition) is 2. The molecule has 0 aromatic carbocycles. The zero-order valence-corrected chi connectivity index (χ0v) is 10.2. The minimum absolute atomic E-state index is 0. The van der Waals surface area contributed by atoms with E-state index in [-0.39, 0.29) is 18.7 Å². The predicted molar refractivity (Wildman–Crippen MR) is 60.7 cm³/mol. The maximum atomic E-state index is 9.92. The van der Waals surface area contributed by atoms with Gasteiger partial charge in [-0.3, -0.25) is 0 Å². The molecule has 100 valence electrons. The Balaban J connectivity index is -0.000000105. The molecule has 0 spiro atoms. The van der Waals surface area contributed by atoms with Crippen LogP contribution < -0.4 is 17.4 Å². The Morgan fingerprint density at radius 2 is 1.44 bits per heavy atom. The van der Waals surface area contributed by atoms with E-state index in [9.17, 15) is 9.90 Å². The summed E-state index contributed by atoms with van der Waals surface area (Å²) in [5.74, 6) is -0.920. The number of aliphatic carboxylic acids is 1. The van der Waals surface area contributed by atoms with E-state index < -0.39 is 11.1 Å². The van der Waals surface area contributed by atoms with E-state index >= 15 is 0 Å². The van der Waals surface area contributed by atoms with Crippen molar-refractivity contribution < 1.29 is 15.0 Å². The highest BCUT2D eigenvalue weighted by molar-refractivity contribution is 5.63. The van der Waals surface area contributed by atoms with Gasteiger partial charge < -0.3 is 37.5 Å². The van der Waals surface area contributed by atoms with Crippen molar-refractivity contribution in [1.29, 1.82) is 0 Å². The van der Waals surface area contributed by atoms with Gasteiger partial charge in [0, 0.05) is 5.97 Å².